The maximum Gasteiger partial charge on any atom is 0.243 e. The molecule has 19 heavy (non-hydrogen) atoms. The van der Waals surface area contributed by atoms with E-state index in [2.05, 4.69) is 0 Å². The number of hydrogen-bond donors (Lipinski definition) is 1. The zero-order chi connectivity index (χ0) is 14.7. The molecular formula is C14H24N2O2S. The number of hydrogen-bond acceptors (Lipinski definition) is 3. The van der Waals surface area contributed by atoms with Gasteiger partial charge in [0, 0.05) is 19.1 Å². The number of benzene rings is 1. The van der Waals surface area contributed by atoms with Crippen molar-refractivity contribution in [3.63, 3.8) is 0 Å². The van der Waals surface area contributed by atoms with Gasteiger partial charge in [0.1, 0.15) is 0 Å². The number of rotatable bonds is 6. The van der Waals surface area contributed by atoms with E-state index < -0.39 is 15.6 Å². The van der Waals surface area contributed by atoms with Crippen LogP contribution >= 0.6 is 0 Å². The largest absolute Gasteiger partial charge is 0.329 e. The monoisotopic (exact) mass is 284 g/mol. The highest BCUT2D eigenvalue weighted by atomic mass is 32.2. The molecule has 4 nitrogen and oxygen atoms in total. The summed E-state index contributed by atoms with van der Waals surface area (Å²) in [5.74, 6) is 0. The SMILES string of the molecule is CCC(CC)(CN)N(C)S(=O)(=O)c1ccccc1C. The Balaban J connectivity index is 3.32. The van der Waals surface area contributed by atoms with Gasteiger partial charge >= 0.3 is 0 Å². The van der Waals surface area contributed by atoms with Gasteiger partial charge in [0.2, 0.25) is 10.0 Å². The molecule has 1 rings (SSSR count). The van der Waals surface area contributed by atoms with Crippen LogP contribution in [0.15, 0.2) is 29.2 Å². The van der Waals surface area contributed by atoms with Crippen LogP contribution in [-0.4, -0.2) is 31.9 Å². The third-order valence-electron chi connectivity index (χ3n) is 4.10. The molecule has 5 heteroatoms. The van der Waals surface area contributed by atoms with E-state index in [1.807, 2.05) is 32.9 Å². The molecule has 0 radical (unpaired) electrons. The third kappa shape index (κ3) is 2.83. The molecule has 0 fully saturated rings. The molecule has 0 aliphatic carbocycles. The van der Waals surface area contributed by atoms with Crippen molar-refractivity contribution in [3.8, 4) is 0 Å². The van der Waals surface area contributed by atoms with E-state index in [0.29, 0.717) is 24.3 Å². The molecule has 0 atom stereocenters. The Bertz CT molecular complexity index is 514. The molecule has 0 amide bonds. The summed E-state index contributed by atoms with van der Waals surface area (Å²) in [4.78, 5) is 0.359. The number of nitrogens with zero attached hydrogens (tertiary/aromatic N) is 1. The van der Waals surface area contributed by atoms with Gasteiger partial charge in [-0.3, -0.25) is 0 Å². The summed E-state index contributed by atoms with van der Waals surface area (Å²) in [7, 11) is -1.88. The summed E-state index contributed by atoms with van der Waals surface area (Å²) in [6.07, 6.45) is 1.39. The summed E-state index contributed by atoms with van der Waals surface area (Å²) in [6, 6.07) is 7.04. The van der Waals surface area contributed by atoms with Crippen molar-refractivity contribution in [3.05, 3.63) is 29.8 Å². The molecule has 0 aromatic heterocycles. The lowest BCUT2D eigenvalue weighted by Crippen LogP contribution is -2.53. The number of aryl methyl sites for hydroxylation is 1. The van der Waals surface area contributed by atoms with Gasteiger partial charge in [-0.1, -0.05) is 32.0 Å². The lowest BCUT2D eigenvalue weighted by molar-refractivity contribution is 0.208. The first kappa shape index (κ1) is 16.1. The van der Waals surface area contributed by atoms with Crippen molar-refractivity contribution in [2.45, 2.75) is 44.0 Å². The van der Waals surface area contributed by atoms with Gasteiger partial charge < -0.3 is 5.73 Å². The van der Waals surface area contributed by atoms with Crippen LogP contribution in [0.3, 0.4) is 0 Å². The number of likely N-dealkylation sites (N-methyl/N-ethyl adjacent to an activating group) is 1. The summed E-state index contributed by atoms with van der Waals surface area (Å²) in [5, 5.41) is 0. The minimum absolute atomic E-state index is 0.321. The fourth-order valence-corrected chi connectivity index (χ4v) is 4.22. The molecule has 108 valence electrons. The van der Waals surface area contributed by atoms with Crippen LogP contribution in [0.4, 0.5) is 0 Å². The van der Waals surface area contributed by atoms with E-state index in [1.54, 1.807) is 19.2 Å². The third-order valence-corrected chi connectivity index (χ3v) is 6.22. The molecule has 0 spiro atoms. The lowest BCUT2D eigenvalue weighted by Gasteiger charge is -2.39. The van der Waals surface area contributed by atoms with Gasteiger partial charge in [0.05, 0.1) is 4.90 Å². The Kier molecular flexibility index (Phi) is 5.12. The molecule has 1 aromatic carbocycles. The Hall–Kier alpha value is -0.910. The average Bonchev–Trinajstić information content (AvgIpc) is 2.41. The standard InChI is InChI=1S/C14H24N2O2S/c1-5-14(6-2,11-15)16(4)19(17,18)13-10-8-7-9-12(13)3/h7-10H,5-6,11,15H2,1-4H3. The van der Waals surface area contributed by atoms with Crippen molar-refractivity contribution in [2.24, 2.45) is 5.73 Å². The van der Waals surface area contributed by atoms with Crippen LogP contribution in [0, 0.1) is 6.92 Å². The van der Waals surface area contributed by atoms with Crippen molar-refractivity contribution in [2.75, 3.05) is 13.6 Å². The predicted octanol–water partition coefficient (Wildman–Crippen LogP) is 2.13. The Labute approximate surface area is 116 Å². The van der Waals surface area contributed by atoms with E-state index in [-0.39, 0.29) is 0 Å². The fourth-order valence-electron chi connectivity index (χ4n) is 2.36. The van der Waals surface area contributed by atoms with Gasteiger partial charge in [-0.2, -0.15) is 4.31 Å². The highest BCUT2D eigenvalue weighted by molar-refractivity contribution is 7.89. The number of nitrogens with two attached hydrogens (primary N) is 1. The first-order valence-electron chi connectivity index (χ1n) is 6.60. The molecule has 0 saturated carbocycles. The molecular weight excluding hydrogens is 260 g/mol. The highest BCUT2D eigenvalue weighted by Crippen LogP contribution is 2.29. The van der Waals surface area contributed by atoms with Crippen LogP contribution in [-0.2, 0) is 10.0 Å². The highest BCUT2D eigenvalue weighted by Gasteiger charge is 2.38. The average molecular weight is 284 g/mol. The van der Waals surface area contributed by atoms with E-state index in [9.17, 15) is 8.42 Å². The fraction of sp³-hybridized carbons (Fsp3) is 0.571. The van der Waals surface area contributed by atoms with Gasteiger partial charge in [-0.05, 0) is 31.4 Å². The summed E-state index contributed by atoms with van der Waals surface area (Å²) in [5.41, 5.74) is 6.08. The van der Waals surface area contributed by atoms with Gasteiger partial charge in [0.15, 0.2) is 0 Å². The molecule has 0 aliphatic heterocycles. The molecule has 0 saturated heterocycles. The smallest absolute Gasteiger partial charge is 0.243 e. The van der Waals surface area contributed by atoms with E-state index in [1.165, 1.54) is 4.31 Å². The van der Waals surface area contributed by atoms with E-state index >= 15 is 0 Å². The lowest BCUT2D eigenvalue weighted by atomic mass is 9.93. The molecule has 0 unspecified atom stereocenters. The zero-order valence-electron chi connectivity index (χ0n) is 12.2. The second-order valence-electron chi connectivity index (χ2n) is 4.87. The molecule has 0 heterocycles. The first-order chi connectivity index (χ1) is 8.85. The Morgan fingerprint density at radius 2 is 1.74 bits per heavy atom. The maximum atomic E-state index is 12.7. The van der Waals surface area contributed by atoms with Crippen molar-refractivity contribution >= 4 is 10.0 Å². The maximum absolute atomic E-state index is 12.7. The summed E-state index contributed by atoms with van der Waals surface area (Å²) < 4.78 is 26.9. The number of sulfonamides is 1. The van der Waals surface area contributed by atoms with Gasteiger partial charge in [-0.15, -0.1) is 0 Å². The Morgan fingerprint density at radius 3 is 2.16 bits per heavy atom. The minimum atomic E-state index is -3.51. The van der Waals surface area contributed by atoms with Crippen LogP contribution in [0.5, 0.6) is 0 Å². The predicted molar refractivity (Wildman–Crippen MR) is 78.5 cm³/mol. The molecule has 1 aromatic rings. The quantitative estimate of drug-likeness (QED) is 0.870. The van der Waals surface area contributed by atoms with Crippen molar-refractivity contribution in [1.82, 2.24) is 4.31 Å². The van der Waals surface area contributed by atoms with Crippen LogP contribution < -0.4 is 5.73 Å². The Morgan fingerprint density at radius 1 is 1.21 bits per heavy atom. The normalized spacial score (nSPS) is 12.9. The van der Waals surface area contributed by atoms with Crippen LogP contribution in [0.1, 0.15) is 32.3 Å². The van der Waals surface area contributed by atoms with E-state index in [4.69, 9.17) is 5.73 Å². The van der Waals surface area contributed by atoms with Gasteiger partial charge in [-0.25, -0.2) is 8.42 Å². The summed E-state index contributed by atoms with van der Waals surface area (Å²) in [6.45, 7) is 6.07. The van der Waals surface area contributed by atoms with Crippen molar-refractivity contribution < 1.29 is 8.42 Å². The van der Waals surface area contributed by atoms with E-state index in [0.717, 1.165) is 5.56 Å². The van der Waals surface area contributed by atoms with Crippen LogP contribution in [0.2, 0.25) is 0 Å². The molecule has 2 N–H and O–H groups in total. The topological polar surface area (TPSA) is 63.4 Å². The first-order valence-corrected chi connectivity index (χ1v) is 8.04. The minimum Gasteiger partial charge on any atom is -0.329 e. The second-order valence-corrected chi connectivity index (χ2v) is 6.81. The second kappa shape index (κ2) is 6.03. The zero-order valence-corrected chi connectivity index (χ0v) is 13.0. The molecule has 0 aliphatic rings. The van der Waals surface area contributed by atoms with Crippen molar-refractivity contribution in [1.29, 1.82) is 0 Å². The van der Waals surface area contributed by atoms with Crippen LogP contribution in [0.25, 0.3) is 0 Å². The summed E-state index contributed by atoms with van der Waals surface area (Å²) >= 11 is 0. The molecule has 0 bridgehead atoms. The van der Waals surface area contributed by atoms with Gasteiger partial charge in [0.25, 0.3) is 0 Å².